The van der Waals surface area contributed by atoms with Crippen molar-refractivity contribution in [3.05, 3.63) is 59.4 Å². The summed E-state index contributed by atoms with van der Waals surface area (Å²) in [5, 5.41) is 22.3. The van der Waals surface area contributed by atoms with Gasteiger partial charge in [-0.05, 0) is 66.1 Å². The fourth-order valence-electron chi connectivity index (χ4n) is 3.61. The normalized spacial score (nSPS) is 11.1. The van der Waals surface area contributed by atoms with Gasteiger partial charge >= 0.3 is 0 Å². The quantitative estimate of drug-likeness (QED) is 0.344. The molecule has 0 aliphatic rings. The van der Waals surface area contributed by atoms with Crippen LogP contribution < -0.4 is 4.74 Å². The van der Waals surface area contributed by atoms with Crippen molar-refractivity contribution in [2.45, 2.75) is 51.1 Å². The first kappa shape index (κ1) is 22.0. The molecule has 0 N–H and O–H groups in total. The highest BCUT2D eigenvalue weighted by Crippen LogP contribution is 2.28. The molecular formula is C23H27N7OS. The number of hydrogen-bond donors (Lipinski definition) is 0. The van der Waals surface area contributed by atoms with E-state index in [1.807, 2.05) is 35.0 Å². The Bertz CT molecular complexity index is 1160. The number of benzene rings is 2. The molecule has 9 heteroatoms. The Morgan fingerprint density at radius 3 is 2.41 bits per heavy atom. The predicted octanol–water partition coefficient (Wildman–Crippen LogP) is 4.64. The Kier molecular flexibility index (Phi) is 6.84. The van der Waals surface area contributed by atoms with Crippen LogP contribution in [0.4, 0.5) is 0 Å². The maximum Gasteiger partial charge on any atom is 0.191 e. The lowest BCUT2D eigenvalue weighted by atomic mass is 10.1. The van der Waals surface area contributed by atoms with E-state index in [2.05, 4.69) is 63.2 Å². The van der Waals surface area contributed by atoms with Crippen LogP contribution in [-0.2, 0) is 12.3 Å². The van der Waals surface area contributed by atoms with Crippen molar-refractivity contribution in [1.29, 1.82) is 0 Å². The maximum atomic E-state index is 5.28. The first-order chi connectivity index (χ1) is 15.6. The number of hydrogen-bond acceptors (Lipinski definition) is 7. The third-order valence-electron chi connectivity index (χ3n) is 5.32. The van der Waals surface area contributed by atoms with Crippen LogP contribution in [0.15, 0.2) is 47.6 Å². The van der Waals surface area contributed by atoms with E-state index in [0.717, 1.165) is 64.3 Å². The molecule has 0 amide bonds. The van der Waals surface area contributed by atoms with Gasteiger partial charge in [0, 0.05) is 12.1 Å². The summed E-state index contributed by atoms with van der Waals surface area (Å²) >= 11 is 1.60. The molecule has 0 saturated heterocycles. The fraction of sp³-hybridized carbons (Fsp3) is 0.348. The van der Waals surface area contributed by atoms with Gasteiger partial charge in [0.15, 0.2) is 16.8 Å². The average molecular weight is 450 g/mol. The molecule has 0 spiro atoms. The van der Waals surface area contributed by atoms with Crippen LogP contribution in [0.5, 0.6) is 5.75 Å². The van der Waals surface area contributed by atoms with E-state index in [-0.39, 0.29) is 0 Å². The summed E-state index contributed by atoms with van der Waals surface area (Å²) in [5.74, 6) is 3.05. The minimum absolute atomic E-state index is 0.591. The third kappa shape index (κ3) is 4.52. The molecule has 0 aliphatic carbocycles. The van der Waals surface area contributed by atoms with Gasteiger partial charge in [-0.2, -0.15) is 4.68 Å². The highest BCUT2D eigenvalue weighted by molar-refractivity contribution is 7.98. The molecule has 8 nitrogen and oxygen atoms in total. The molecular weight excluding hydrogens is 422 g/mol. The third-order valence-corrected chi connectivity index (χ3v) is 6.28. The average Bonchev–Trinajstić information content (AvgIpc) is 3.43. The summed E-state index contributed by atoms with van der Waals surface area (Å²) in [6.07, 6.45) is 2.14. The van der Waals surface area contributed by atoms with Crippen LogP contribution in [0.25, 0.3) is 17.1 Å². The molecule has 166 valence electrons. The molecule has 0 radical (unpaired) electrons. The zero-order valence-electron chi connectivity index (χ0n) is 18.8. The summed E-state index contributed by atoms with van der Waals surface area (Å²) in [7, 11) is 1.67. The van der Waals surface area contributed by atoms with Crippen molar-refractivity contribution in [3.8, 4) is 22.8 Å². The SMILES string of the molecule is CCCCn1c(SCc2nnnn2-c2c(C)cccc2C)nnc1-c1ccc(OC)cc1. The maximum absolute atomic E-state index is 5.28. The van der Waals surface area contributed by atoms with Crippen molar-refractivity contribution in [2.24, 2.45) is 0 Å². The summed E-state index contributed by atoms with van der Waals surface area (Å²) in [4.78, 5) is 0. The van der Waals surface area contributed by atoms with E-state index < -0.39 is 0 Å². The predicted molar refractivity (Wildman–Crippen MR) is 125 cm³/mol. The van der Waals surface area contributed by atoms with Crippen LogP contribution in [-0.4, -0.2) is 42.1 Å². The summed E-state index contributed by atoms with van der Waals surface area (Å²) in [6, 6.07) is 14.1. The number of tetrazole rings is 1. The van der Waals surface area contributed by atoms with Crippen molar-refractivity contribution in [3.63, 3.8) is 0 Å². The number of nitrogens with zero attached hydrogens (tertiary/aromatic N) is 7. The van der Waals surface area contributed by atoms with Crippen molar-refractivity contribution >= 4 is 11.8 Å². The second-order valence-electron chi connectivity index (χ2n) is 7.58. The number of ether oxygens (including phenoxy) is 1. The molecule has 4 aromatic rings. The van der Waals surface area contributed by atoms with Crippen molar-refractivity contribution < 1.29 is 4.74 Å². The Hall–Kier alpha value is -3.20. The number of thioether (sulfide) groups is 1. The Labute approximate surface area is 192 Å². The smallest absolute Gasteiger partial charge is 0.191 e. The lowest BCUT2D eigenvalue weighted by molar-refractivity contribution is 0.415. The highest BCUT2D eigenvalue weighted by Gasteiger charge is 2.18. The van der Waals surface area contributed by atoms with Gasteiger partial charge in [0.1, 0.15) is 5.75 Å². The van der Waals surface area contributed by atoms with E-state index in [4.69, 9.17) is 4.74 Å². The Morgan fingerprint density at radius 1 is 0.969 bits per heavy atom. The van der Waals surface area contributed by atoms with Gasteiger partial charge in [-0.15, -0.1) is 15.3 Å². The van der Waals surface area contributed by atoms with E-state index >= 15 is 0 Å². The van der Waals surface area contributed by atoms with Gasteiger partial charge in [-0.25, -0.2) is 0 Å². The molecule has 0 bridgehead atoms. The van der Waals surface area contributed by atoms with Crippen LogP contribution in [0.1, 0.15) is 36.7 Å². The van der Waals surface area contributed by atoms with Gasteiger partial charge in [-0.3, -0.25) is 0 Å². The summed E-state index contributed by atoms with van der Waals surface area (Å²) in [5.41, 5.74) is 4.31. The Morgan fingerprint density at radius 2 is 1.72 bits per heavy atom. The van der Waals surface area contributed by atoms with Gasteiger partial charge < -0.3 is 9.30 Å². The van der Waals surface area contributed by atoms with E-state index in [9.17, 15) is 0 Å². The van der Waals surface area contributed by atoms with E-state index in [0.29, 0.717) is 5.75 Å². The second-order valence-corrected chi connectivity index (χ2v) is 8.52. The minimum Gasteiger partial charge on any atom is -0.497 e. The van der Waals surface area contributed by atoms with E-state index in [1.54, 1.807) is 18.9 Å². The number of aromatic nitrogens is 7. The van der Waals surface area contributed by atoms with Crippen LogP contribution in [0, 0.1) is 13.8 Å². The molecule has 0 saturated carbocycles. The first-order valence-electron chi connectivity index (χ1n) is 10.7. The van der Waals surface area contributed by atoms with Crippen molar-refractivity contribution in [1.82, 2.24) is 35.0 Å². The summed E-state index contributed by atoms with van der Waals surface area (Å²) < 4.78 is 9.29. The minimum atomic E-state index is 0.591. The fourth-order valence-corrected chi connectivity index (χ4v) is 4.48. The number of aryl methyl sites for hydroxylation is 2. The summed E-state index contributed by atoms with van der Waals surface area (Å²) in [6.45, 7) is 7.19. The molecule has 32 heavy (non-hydrogen) atoms. The molecule has 2 aromatic carbocycles. The molecule has 0 fully saturated rings. The standard InChI is InChI=1S/C23H27N7OS/c1-5-6-14-29-22(18-10-12-19(31-4)13-11-18)25-26-23(29)32-15-20-24-27-28-30(20)21-16(2)8-7-9-17(21)3/h7-13H,5-6,14-15H2,1-4H3. The molecule has 0 aliphatic heterocycles. The van der Waals surface area contributed by atoms with Gasteiger partial charge in [0.25, 0.3) is 0 Å². The molecule has 0 atom stereocenters. The van der Waals surface area contributed by atoms with E-state index in [1.165, 1.54) is 0 Å². The number of methoxy groups -OCH3 is 1. The lowest BCUT2D eigenvalue weighted by Gasteiger charge is -2.12. The zero-order valence-corrected chi connectivity index (χ0v) is 19.6. The van der Waals surface area contributed by atoms with Crippen LogP contribution >= 0.6 is 11.8 Å². The van der Waals surface area contributed by atoms with Gasteiger partial charge in [0.05, 0.1) is 18.6 Å². The Balaban J connectivity index is 1.60. The van der Waals surface area contributed by atoms with Crippen molar-refractivity contribution in [2.75, 3.05) is 7.11 Å². The first-order valence-corrected chi connectivity index (χ1v) is 11.6. The number of para-hydroxylation sites is 1. The number of rotatable bonds is 9. The monoisotopic (exact) mass is 449 g/mol. The second kappa shape index (κ2) is 9.95. The molecule has 2 aromatic heterocycles. The highest BCUT2D eigenvalue weighted by atomic mass is 32.2. The molecule has 4 rings (SSSR count). The van der Waals surface area contributed by atoms with Gasteiger partial charge in [-0.1, -0.05) is 43.3 Å². The molecule has 2 heterocycles. The zero-order chi connectivity index (χ0) is 22.5. The van der Waals surface area contributed by atoms with Crippen LogP contribution in [0.2, 0.25) is 0 Å². The van der Waals surface area contributed by atoms with Gasteiger partial charge in [0.2, 0.25) is 0 Å². The van der Waals surface area contributed by atoms with Crippen LogP contribution in [0.3, 0.4) is 0 Å². The lowest BCUT2D eigenvalue weighted by Crippen LogP contribution is -2.07. The molecule has 0 unspecified atom stereocenters. The topological polar surface area (TPSA) is 83.5 Å². The number of unbranched alkanes of at least 4 members (excludes halogenated alkanes) is 1. The largest absolute Gasteiger partial charge is 0.497 e.